The largest absolute Gasteiger partial charge is 0.490 e. The van der Waals surface area contributed by atoms with Gasteiger partial charge in [0.1, 0.15) is 11.4 Å². The molecular formula is C13H14N2O3. The van der Waals surface area contributed by atoms with Crippen LogP contribution in [0.2, 0.25) is 0 Å². The second-order valence-electron chi connectivity index (χ2n) is 4.13. The van der Waals surface area contributed by atoms with Crippen molar-refractivity contribution in [3.63, 3.8) is 0 Å². The van der Waals surface area contributed by atoms with Gasteiger partial charge in [-0.2, -0.15) is 5.10 Å². The van der Waals surface area contributed by atoms with Gasteiger partial charge in [-0.3, -0.25) is 5.10 Å². The van der Waals surface area contributed by atoms with Gasteiger partial charge in [-0.05, 0) is 32.0 Å². The molecule has 1 aromatic carbocycles. The SMILES string of the molecule is CC(C)Oc1ccccc1-c1cc(C(=O)O)[nH]n1. The van der Waals surface area contributed by atoms with E-state index in [1.54, 1.807) is 0 Å². The van der Waals surface area contributed by atoms with Gasteiger partial charge in [0.25, 0.3) is 0 Å². The summed E-state index contributed by atoms with van der Waals surface area (Å²) in [6.45, 7) is 3.87. The summed E-state index contributed by atoms with van der Waals surface area (Å²) in [5.41, 5.74) is 1.39. The lowest BCUT2D eigenvalue weighted by Crippen LogP contribution is -2.06. The molecule has 0 saturated carbocycles. The number of para-hydroxylation sites is 1. The third kappa shape index (κ3) is 2.51. The summed E-state index contributed by atoms with van der Waals surface area (Å²) in [5.74, 6) is -0.341. The van der Waals surface area contributed by atoms with Gasteiger partial charge in [-0.1, -0.05) is 12.1 Å². The Bertz CT molecular complexity index is 561. The van der Waals surface area contributed by atoms with E-state index in [4.69, 9.17) is 9.84 Å². The minimum Gasteiger partial charge on any atom is -0.490 e. The van der Waals surface area contributed by atoms with Gasteiger partial charge in [0.15, 0.2) is 0 Å². The van der Waals surface area contributed by atoms with E-state index in [2.05, 4.69) is 10.2 Å². The summed E-state index contributed by atoms with van der Waals surface area (Å²) in [6, 6.07) is 8.90. The molecule has 2 aromatic rings. The molecule has 1 aromatic heterocycles. The number of rotatable bonds is 4. The zero-order chi connectivity index (χ0) is 13.1. The average Bonchev–Trinajstić information content (AvgIpc) is 2.78. The highest BCUT2D eigenvalue weighted by Crippen LogP contribution is 2.29. The van der Waals surface area contributed by atoms with Crippen molar-refractivity contribution in [2.24, 2.45) is 0 Å². The third-order valence-corrected chi connectivity index (χ3v) is 2.33. The maximum Gasteiger partial charge on any atom is 0.353 e. The zero-order valence-corrected chi connectivity index (χ0v) is 10.2. The predicted molar refractivity (Wildman–Crippen MR) is 66.7 cm³/mol. The number of hydrogen-bond acceptors (Lipinski definition) is 3. The molecule has 2 N–H and O–H groups in total. The minimum absolute atomic E-state index is 0.0454. The summed E-state index contributed by atoms with van der Waals surface area (Å²) < 4.78 is 5.67. The monoisotopic (exact) mass is 246 g/mol. The minimum atomic E-state index is -1.03. The number of benzene rings is 1. The van der Waals surface area contributed by atoms with E-state index < -0.39 is 5.97 Å². The smallest absolute Gasteiger partial charge is 0.353 e. The number of aromatic carboxylic acids is 1. The quantitative estimate of drug-likeness (QED) is 0.869. The molecule has 0 unspecified atom stereocenters. The molecule has 5 nitrogen and oxygen atoms in total. The molecule has 5 heteroatoms. The fraction of sp³-hybridized carbons (Fsp3) is 0.231. The van der Waals surface area contributed by atoms with Crippen LogP contribution in [0.25, 0.3) is 11.3 Å². The van der Waals surface area contributed by atoms with Crippen LogP contribution in [-0.2, 0) is 0 Å². The Morgan fingerprint density at radius 1 is 1.39 bits per heavy atom. The Hall–Kier alpha value is -2.30. The van der Waals surface area contributed by atoms with Crippen molar-refractivity contribution in [2.45, 2.75) is 20.0 Å². The number of carboxylic acid groups (broad SMARTS) is 1. The van der Waals surface area contributed by atoms with Gasteiger partial charge in [0.2, 0.25) is 0 Å². The van der Waals surface area contributed by atoms with E-state index in [0.29, 0.717) is 11.4 Å². The lowest BCUT2D eigenvalue weighted by molar-refractivity contribution is 0.0690. The first-order valence-electron chi connectivity index (χ1n) is 5.62. The molecule has 0 fully saturated rings. The van der Waals surface area contributed by atoms with Gasteiger partial charge >= 0.3 is 5.97 Å². The van der Waals surface area contributed by atoms with Gasteiger partial charge in [-0.25, -0.2) is 4.79 Å². The number of aromatic amines is 1. The molecule has 0 spiro atoms. The highest BCUT2D eigenvalue weighted by Gasteiger charge is 2.13. The van der Waals surface area contributed by atoms with Gasteiger partial charge in [0, 0.05) is 5.56 Å². The van der Waals surface area contributed by atoms with Crippen LogP contribution in [-0.4, -0.2) is 27.4 Å². The van der Waals surface area contributed by atoms with E-state index in [1.165, 1.54) is 6.07 Å². The number of carboxylic acids is 1. The first-order valence-corrected chi connectivity index (χ1v) is 5.62. The van der Waals surface area contributed by atoms with Crippen molar-refractivity contribution in [3.8, 4) is 17.0 Å². The van der Waals surface area contributed by atoms with Crippen LogP contribution in [0.15, 0.2) is 30.3 Å². The molecule has 0 atom stereocenters. The molecule has 0 aliphatic heterocycles. The van der Waals surface area contributed by atoms with E-state index in [9.17, 15) is 4.79 Å². The number of H-pyrrole nitrogens is 1. The van der Waals surface area contributed by atoms with E-state index in [0.717, 1.165) is 5.56 Å². The summed E-state index contributed by atoms with van der Waals surface area (Å²) in [7, 11) is 0. The van der Waals surface area contributed by atoms with Gasteiger partial charge in [-0.15, -0.1) is 0 Å². The molecule has 18 heavy (non-hydrogen) atoms. The zero-order valence-electron chi connectivity index (χ0n) is 10.2. The topological polar surface area (TPSA) is 75.2 Å². The number of nitrogens with zero attached hydrogens (tertiary/aromatic N) is 1. The van der Waals surface area contributed by atoms with Crippen molar-refractivity contribution in [1.82, 2.24) is 10.2 Å². The molecule has 0 aliphatic carbocycles. The Labute approximate surface area is 104 Å². The normalized spacial score (nSPS) is 10.6. The summed E-state index contributed by atoms with van der Waals surface area (Å²) >= 11 is 0. The van der Waals surface area contributed by atoms with Crippen LogP contribution in [0, 0.1) is 0 Å². The van der Waals surface area contributed by atoms with Crippen LogP contribution in [0.1, 0.15) is 24.3 Å². The lowest BCUT2D eigenvalue weighted by atomic mass is 10.1. The molecule has 0 radical (unpaired) electrons. The van der Waals surface area contributed by atoms with E-state index in [1.807, 2.05) is 38.1 Å². The Morgan fingerprint density at radius 2 is 2.11 bits per heavy atom. The maximum absolute atomic E-state index is 10.8. The van der Waals surface area contributed by atoms with Crippen LogP contribution < -0.4 is 4.74 Å². The Kier molecular flexibility index (Phi) is 3.32. The fourth-order valence-corrected chi connectivity index (χ4v) is 1.60. The van der Waals surface area contributed by atoms with Crippen LogP contribution in [0.3, 0.4) is 0 Å². The fourth-order valence-electron chi connectivity index (χ4n) is 1.60. The summed E-state index contributed by atoms with van der Waals surface area (Å²) in [4.78, 5) is 10.8. The number of carbonyl (C=O) groups is 1. The Balaban J connectivity index is 2.39. The van der Waals surface area contributed by atoms with Crippen molar-refractivity contribution < 1.29 is 14.6 Å². The number of hydrogen-bond donors (Lipinski definition) is 2. The standard InChI is InChI=1S/C13H14N2O3/c1-8(2)18-12-6-4-3-5-9(12)10-7-11(13(16)17)15-14-10/h3-8H,1-2H3,(H,14,15)(H,16,17). The van der Waals surface area contributed by atoms with Gasteiger partial charge < -0.3 is 9.84 Å². The van der Waals surface area contributed by atoms with Crippen molar-refractivity contribution in [3.05, 3.63) is 36.0 Å². The number of nitrogens with one attached hydrogen (secondary N) is 1. The summed E-state index contributed by atoms with van der Waals surface area (Å²) in [5, 5.41) is 15.3. The summed E-state index contributed by atoms with van der Waals surface area (Å²) in [6.07, 6.45) is 0.0454. The maximum atomic E-state index is 10.8. The predicted octanol–water partition coefficient (Wildman–Crippen LogP) is 2.56. The number of aromatic nitrogens is 2. The number of ether oxygens (including phenoxy) is 1. The van der Waals surface area contributed by atoms with Crippen LogP contribution in [0.5, 0.6) is 5.75 Å². The van der Waals surface area contributed by atoms with Crippen molar-refractivity contribution in [1.29, 1.82) is 0 Å². The van der Waals surface area contributed by atoms with Crippen molar-refractivity contribution in [2.75, 3.05) is 0 Å². The molecule has 1 heterocycles. The molecule has 0 saturated heterocycles. The molecule has 2 rings (SSSR count). The van der Waals surface area contributed by atoms with Crippen LogP contribution in [0.4, 0.5) is 0 Å². The van der Waals surface area contributed by atoms with Crippen molar-refractivity contribution >= 4 is 5.97 Å². The highest BCUT2D eigenvalue weighted by atomic mass is 16.5. The second kappa shape index (κ2) is 4.91. The van der Waals surface area contributed by atoms with E-state index >= 15 is 0 Å². The first kappa shape index (κ1) is 12.2. The lowest BCUT2D eigenvalue weighted by Gasteiger charge is -2.12. The first-order chi connectivity index (χ1) is 8.58. The average molecular weight is 246 g/mol. The molecule has 0 aliphatic rings. The highest BCUT2D eigenvalue weighted by molar-refractivity contribution is 5.87. The molecular weight excluding hydrogens is 232 g/mol. The van der Waals surface area contributed by atoms with E-state index in [-0.39, 0.29) is 11.8 Å². The molecule has 0 amide bonds. The molecule has 0 bridgehead atoms. The van der Waals surface area contributed by atoms with Crippen LogP contribution >= 0.6 is 0 Å². The van der Waals surface area contributed by atoms with Gasteiger partial charge in [0.05, 0.1) is 11.8 Å². The molecule has 94 valence electrons. The Morgan fingerprint density at radius 3 is 2.72 bits per heavy atom. The third-order valence-electron chi connectivity index (χ3n) is 2.33. The second-order valence-corrected chi connectivity index (χ2v) is 4.13.